The van der Waals surface area contributed by atoms with E-state index in [1.165, 1.54) is 0 Å². The monoisotopic (exact) mass is 200 g/mol. The third kappa shape index (κ3) is 87.2. The molecule has 1 unspecified atom stereocenters. The van der Waals surface area contributed by atoms with Crippen molar-refractivity contribution in [2.45, 2.75) is 0 Å². The first-order chi connectivity index (χ1) is 3.15. The molecule has 1 N–H and O–H groups in total. The standard InChI is InChI=1S/CH5OP.Cl3P/c2-1-3;1-4(2)3/h2H,1,3H2;. The Morgan fingerprint density at radius 2 is 1.43 bits per heavy atom. The van der Waals surface area contributed by atoms with Crippen LogP contribution >= 0.6 is 48.9 Å². The van der Waals surface area contributed by atoms with Gasteiger partial charge in [0.2, 0.25) is 0 Å². The number of rotatable bonds is 0. The Kier molecular flexibility index (Phi) is 17.4. The summed E-state index contributed by atoms with van der Waals surface area (Å²) in [6.45, 7) is 0. The number of aliphatic hydroxyl groups excluding tert-OH is 1. The molecule has 0 aromatic carbocycles. The van der Waals surface area contributed by atoms with Crippen molar-refractivity contribution in [3.05, 3.63) is 0 Å². The molecule has 1 atom stereocenters. The smallest absolute Gasteiger partial charge is 0.179 e. The Hall–Kier alpha value is 1.69. The molecule has 0 bridgehead atoms. The van der Waals surface area contributed by atoms with Crippen molar-refractivity contribution in [3.63, 3.8) is 0 Å². The Morgan fingerprint density at radius 1 is 1.43 bits per heavy atom. The minimum absolute atomic E-state index is 0.167. The van der Waals surface area contributed by atoms with E-state index in [0.29, 0.717) is 0 Å². The van der Waals surface area contributed by atoms with E-state index < -0.39 is 5.98 Å². The van der Waals surface area contributed by atoms with Gasteiger partial charge in [-0.1, -0.05) is 33.7 Å². The summed E-state index contributed by atoms with van der Waals surface area (Å²) in [5, 5.41) is 7.53. The van der Waals surface area contributed by atoms with E-state index in [4.69, 9.17) is 38.8 Å². The van der Waals surface area contributed by atoms with Crippen LogP contribution in [0.3, 0.4) is 0 Å². The van der Waals surface area contributed by atoms with Crippen LogP contribution in [0.4, 0.5) is 0 Å². The normalized spacial score (nSPS) is 7.71. The second-order valence-corrected chi connectivity index (χ2v) is 5.72. The van der Waals surface area contributed by atoms with Gasteiger partial charge in [-0.15, -0.1) is 9.24 Å². The summed E-state index contributed by atoms with van der Waals surface area (Å²) in [5.41, 5.74) is 0. The van der Waals surface area contributed by atoms with Crippen LogP contribution in [0.1, 0.15) is 0 Å². The molecule has 0 aliphatic carbocycles. The number of hydrogen-bond acceptors (Lipinski definition) is 1. The lowest BCUT2D eigenvalue weighted by molar-refractivity contribution is 0.375. The zero-order chi connectivity index (χ0) is 6.28. The van der Waals surface area contributed by atoms with Crippen molar-refractivity contribution < 1.29 is 5.11 Å². The van der Waals surface area contributed by atoms with Crippen LogP contribution in [0.2, 0.25) is 0 Å². The highest BCUT2D eigenvalue weighted by molar-refractivity contribution is 8.20. The van der Waals surface area contributed by atoms with Crippen LogP contribution in [0.5, 0.6) is 0 Å². The molecule has 0 fully saturated rings. The summed E-state index contributed by atoms with van der Waals surface area (Å²) in [5.74, 6) is -1.20. The second kappa shape index (κ2) is 10.6. The van der Waals surface area contributed by atoms with Gasteiger partial charge >= 0.3 is 0 Å². The second-order valence-electron chi connectivity index (χ2n) is 0.374. The third-order valence-electron chi connectivity index (χ3n) is 0. The zero-order valence-corrected chi connectivity index (χ0v) is 7.63. The van der Waals surface area contributed by atoms with Gasteiger partial charge in [0.05, 0.1) is 6.35 Å². The predicted molar refractivity (Wildman–Crippen MR) is 41.3 cm³/mol. The van der Waals surface area contributed by atoms with Crippen molar-refractivity contribution in [1.82, 2.24) is 0 Å². The van der Waals surface area contributed by atoms with Gasteiger partial charge in [0.1, 0.15) is 0 Å². The van der Waals surface area contributed by atoms with Crippen molar-refractivity contribution in [1.29, 1.82) is 0 Å². The first kappa shape index (κ1) is 11.5. The summed E-state index contributed by atoms with van der Waals surface area (Å²) in [4.78, 5) is 0. The lowest BCUT2D eigenvalue weighted by Crippen LogP contribution is -1.47. The van der Waals surface area contributed by atoms with E-state index in [9.17, 15) is 0 Å². The molecule has 0 radical (unpaired) electrons. The van der Waals surface area contributed by atoms with E-state index in [1.807, 2.05) is 0 Å². The van der Waals surface area contributed by atoms with Crippen LogP contribution in [-0.2, 0) is 0 Å². The largest absolute Gasteiger partial charge is 0.392 e. The molecule has 0 rings (SSSR count). The van der Waals surface area contributed by atoms with Gasteiger partial charge in [0, 0.05) is 0 Å². The molecule has 0 aliphatic heterocycles. The fourth-order valence-electron chi connectivity index (χ4n) is 0. The summed E-state index contributed by atoms with van der Waals surface area (Å²) in [7, 11) is 2.13. The average molecular weight is 201 g/mol. The molecule has 0 amide bonds. The third-order valence-corrected chi connectivity index (χ3v) is 0. The van der Waals surface area contributed by atoms with Crippen LogP contribution in [0.25, 0.3) is 0 Å². The molecule has 0 aromatic heterocycles. The molecule has 1 nitrogen and oxygen atoms in total. The van der Waals surface area contributed by atoms with E-state index in [1.54, 1.807) is 0 Å². The Balaban J connectivity index is 0. The summed E-state index contributed by atoms with van der Waals surface area (Å²) >= 11 is 14.6. The molecule has 0 saturated carbocycles. The van der Waals surface area contributed by atoms with E-state index >= 15 is 0 Å². The van der Waals surface area contributed by atoms with Gasteiger partial charge in [-0.05, 0) is 0 Å². The molecule has 7 heavy (non-hydrogen) atoms. The lowest BCUT2D eigenvalue weighted by atomic mass is 11.7. The predicted octanol–water partition coefficient (Wildman–Crippen LogP) is 2.74. The molecule has 0 saturated heterocycles. The van der Waals surface area contributed by atoms with Gasteiger partial charge in [-0.2, -0.15) is 0 Å². The van der Waals surface area contributed by atoms with Crippen LogP contribution in [0, 0.1) is 0 Å². The zero-order valence-electron chi connectivity index (χ0n) is 3.31. The number of halogens is 3. The van der Waals surface area contributed by atoms with Gasteiger partial charge < -0.3 is 5.11 Å². The minimum atomic E-state index is -1.20. The highest BCUT2D eigenvalue weighted by atomic mass is 36.0. The lowest BCUT2D eigenvalue weighted by Gasteiger charge is -1.68. The van der Waals surface area contributed by atoms with Gasteiger partial charge in [0.25, 0.3) is 0 Å². The van der Waals surface area contributed by atoms with Crippen LogP contribution in [-0.4, -0.2) is 11.5 Å². The van der Waals surface area contributed by atoms with Crippen LogP contribution in [0.15, 0.2) is 0 Å². The highest BCUT2D eigenvalue weighted by Gasteiger charge is 1.80. The van der Waals surface area contributed by atoms with Crippen LogP contribution < -0.4 is 0 Å². The topological polar surface area (TPSA) is 20.2 Å². The van der Waals surface area contributed by atoms with Crippen molar-refractivity contribution in [3.8, 4) is 0 Å². The van der Waals surface area contributed by atoms with Crippen molar-refractivity contribution in [2.24, 2.45) is 0 Å². The van der Waals surface area contributed by atoms with Gasteiger partial charge in [0.15, 0.2) is 5.98 Å². The summed E-state index contributed by atoms with van der Waals surface area (Å²) in [6.07, 6.45) is 0.167. The molecular formula is CH5Cl3OP2. The molecular weight excluding hydrogens is 196 g/mol. The maximum Gasteiger partial charge on any atom is 0.179 e. The van der Waals surface area contributed by atoms with Gasteiger partial charge in [-0.25, -0.2) is 0 Å². The van der Waals surface area contributed by atoms with E-state index in [-0.39, 0.29) is 6.35 Å². The van der Waals surface area contributed by atoms with E-state index in [2.05, 4.69) is 9.24 Å². The van der Waals surface area contributed by atoms with Crippen molar-refractivity contribution >= 4 is 48.9 Å². The highest BCUT2D eigenvalue weighted by Crippen LogP contribution is 2.51. The fourth-order valence-corrected chi connectivity index (χ4v) is 0. The maximum absolute atomic E-state index is 7.53. The quantitative estimate of drug-likeness (QED) is 0.598. The van der Waals surface area contributed by atoms with Gasteiger partial charge in [-0.3, -0.25) is 0 Å². The fraction of sp³-hybridized carbons (Fsp3) is 1.00. The SMILES string of the molecule is ClP(Cl)Cl.OCP. The number of aliphatic hydroxyl groups is 1. The molecule has 46 valence electrons. The summed E-state index contributed by atoms with van der Waals surface area (Å²) < 4.78 is 0. The maximum atomic E-state index is 7.53. The molecule has 0 aromatic rings. The first-order valence-electron chi connectivity index (χ1n) is 1.23. The molecule has 0 heterocycles. The average Bonchev–Trinajstić information content (AvgIpc) is 1.33. The van der Waals surface area contributed by atoms with Crippen molar-refractivity contribution in [2.75, 3.05) is 6.35 Å². The van der Waals surface area contributed by atoms with E-state index in [0.717, 1.165) is 0 Å². The minimum Gasteiger partial charge on any atom is -0.392 e. The molecule has 6 heteroatoms. The summed E-state index contributed by atoms with van der Waals surface area (Å²) in [6, 6.07) is 0. The Labute approximate surface area is 60.7 Å². The molecule has 0 aliphatic rings. The Bertz CT molecular complexity index is 24.1. The Morgan fingerprint density at radius 3 is 1.43 bits per heavy atom. The number of hydrogen-bond donors (Lipinski definition) is 1. The first-order valence-corrected chi connectivity index (χ1v) is 6.10. The molecule has 0 spiro atoms.